The van der Waals surface area contributed by atoms with Crippen LogP contribution in [-0.4, -0.2) is 18.6 Å². The number of rotatable bonds is 9. The maximum absolute atomic E-state index is 6.23. The van der Waals surface area contributed by atoms with Gasteiger partial charge in [-0.1, -0.05) is 37.8 Å². The number of ether oxygens (including phenoxy) is 1. The van der Waals surface area contributed by atoms with Crippen molar-refractivity contribution in [3.63, 3.8) is 0 Å². The van der Waals surface area contributed by atoms with Gasteiger partial charge in [-0.05, 0) is 67.1 Å². The molecule has 0 aliphatic rings. The highest BCUT2D eigenvalue weighted by Gasteiger charge is 2.11. The van der Waals surface area contributed by atoms with Crippen LogP contribution in [0.5, 0.6) is 5.75 Å². The fraction of sp³-hybridized carbons (Fsp3) is 0.269. The van der Waals surface area contributed by atoms with Crippen molar-refractivity contribution in [2.75, 3.05) is 24.3 Å². The van der Waals surface area contributed by atoms with Crippen LogP contribution in [0.15, 0.2) is 60.7 Å². The van der Waals surface area contributed by atoms with Crippen LogP contribution in [0.25, 0.3) is 21.8 Å². The Morgan fingerprint density at radius 2 is 1.65 bits per heavy atom. The molecular formula is C26H28ClN3O. The van der Waals surface area contributed by atoms with Gasteiger partial charge in [0.1, 0.15) is 5.75 Å². The molecule has 0 saturated carbocycles. The van der Waals surface area contributed by atoms with Crippen molar-refractivity contribution in [3.05, 3.63) is 65.7 Å². The number of methoxy groups -OCH3 is 1. The van der Waals surface area contributed by atoms with Gasteiger partial charge in [0, 0.05) is 33.7 Å². The molecule has 160 valence electrons. The second-order valence-electron chi connectivity index (χ2n) is 7.72. The number of unbranched alkanes of at least 4 members (excludes halogenated alkanes) is 3. The molecule has 0 aliphatic carbocycles. The first-order valence-corrected chi connectivity index (χ1v) is 11.2. The van der Waals surface area contributed by atoms with E-state index in [4.69, 9.17) is 21.3 Å². The summed E-state index contributed by atoms with van der Waals surface area (Å²) in [5.41, 5.74) is 4.90. The normalized spacial score (nSPS) is 11.1. The van der Waals surface area contributed by atoms with Gasteiger partial charge >= 0.3 is 0 Å². The molecule has 0 bridgehead atoms. The van der Waals surface area contributed by atoms with Crippen molar-refractivity contribution >= 4 is 50.5 Å². The molecule has 0 atom stereocenters. The Bertz CT molecular complexity index is 1170. The number of benzene rings is 3. The van der Waals surface area contributed by atoms with Crippen LogP contribution in [0.4, 0.5) is 17.1 Å². The zero-order valence-electron chi connectivity index (χ0n) is 18.0. The standard InChI is InChI=1S/C26H28ClN3O/c1-3-4-5-6-15-28-19-8-10-20(11-9-19)29-26-22-13-7-18(27)16-25(22)30-24-14-12-21(31-2)17-23(24)26/h7-14,16-17,28H,3-6,15H2,1-2H3,(H,29,30). The summed E-state index contributed by atoms with van der Waals surface area (Å²) in [4.78, 5) is 4.80. The Balaban J connectivity index is 1.63. The summed E-state index contributed by atoms with van der Waals surface area (Å²) < 4.78 is 5.45. The number of nitrogens with one attached hydrogen (secondary N) is 2. The number of hydrogen-bond acceptors (Lipinski definition) is 4. The van der Waals surface area contributed by atoms with Crippen LogP contribution in [0.1, 0.15) is 32.6 Å². The van der Waals surface area contributed by atoms with Crippen molar-refractivity contribution in [1.29, 1.82) is 0 Å². The molecule has 4 nitrogen and oxygen atoms in total. The molecule has 4 rings (SSSR count). The Morgan fingerprint density at radius 1 is 0.839 bits per heavy atom. The van der Waals surface area contributed by atoms with E-state index in [9.17, 15) is 0 Å². The number of hydrogen-bond donors (Lipinski definition) is 2. The summed E-state index contributed by atoms with van der Waals surface area (Å²) >= 11 is 6.23. The zero-order chi connectivity index (χ0) is 21.6. The van der Waals surface area contributed by atoms with E-state index in [1.54, 1.807) is 7.11 Å². The number of anilines is 3. The molecule has 0 unspecified atom stereocenters. The molecule has 1 heterocycles. The Hall–Kier alpha value is -2.98. The van der Waals surface area contributed by atoms with Gasteiger partial charge in [-0.15, -0.1) is 0 Å². The van der Waals surface area contributed by atoms with Gasteiger partial charge in [0.05, 0.1) is 23.8 Å². The van der Waals surface area contributed by atoms with Gasteiger partial charge in [0.2, 0.25) is 0 Å². The molecule has 0 amide bonds. The minimum atomic E-state index is 0.674. The number of aromatic nitrogens is 1. The monoisotopic (exact) mass is 433 g/mol. The molecule has 3 aromatic carbocycles. The minimum Gasteiger partial charge on any atom is -0.497 e. The third-order valence-electron chi connectivity index (χ3n) is 5.46. The Labute approximate surface area is 188 Å². The summed E-state index contributed by atoms with van der Waals surface area (Å²) in [5.74, 6) is 0.799. The van der Waals surface area contributed by atoms with Crippen LogP contribution >= 0.6 is 11.6 Å². The van der Waals surface area contributed by atoms with Gasteiger partial charge in [0.15, 0.2) is 0 Å². The first kappa shape index (κ1) is 21.3. The third kappa shape index (κ3) is 5.02. The van der Waals surface area contributed by atoms with E-state index in [2.05, 4.69) is 41.8 Å². The summed E-state index contributed by atoms with van der Waals surface area (Å²) in [7, 11) is 1.68. The lowest BCUT2D eigenvalue weighted by Gasteiger charge is -2.15. The lowest BCUT2D eigenvalue weighted by Crippen LogP contribution is -2.01. The summed E-state index contributed by atoms with van der Waals surface area (Å²) in [6.45, 7) is 3.24. The highest BCUT2D eigenvalue weighted by Crippen LogP contribution is 2.36. The van der Waals surface area contributed by atoms with Crippen molar-refractivity contribution in [3.8, 4) is 5.75 Å². The smallest absolute Gasteiger partial charge is 0.119 e. The lowest BCUT2D eigenvalue weighted by molar-refractivity contribution is 0.415. The van der Waals surface area contributed by atoms with Gasteiger partial charge in [-0.2, -0.15) is 0 Å². The van der Waals surface area contributed by atoms with Gasteiger partial charge in [0.25, 0.3) is 0 Å². The predicted molar refractivity (Wildman–Crippen MR) is 133 cm³/mol. The number of nitrogens with zero attached hydrogens (tertiary/aromatic N) is 1. The zero-order valence-corrected chi connectivity index (χ0v) is 18.8. The van der Waals surface area contributed by atoms with Crippen LogP contribution in [0.2, 0.25) is 5.02 Å². The van der Waals surface area contributed by atoms with E-state index in [0.29, 0.717) is 5.02 Å². The summed E-state index contributed by atoms with van der Waals surface area (Å²) in [5, 5.41) is 9.81. The van der Waals surface area contributed by atoms with Crippen molar-refractivity contribution in [1.82, 2.24) is 4.98 Å². The van der Waals surface area contributed by atoms with Crippen LogP contribution in [0.3, 0.4) is 0 Å². The van der Waals surface area contributed by atoms with E-state index in [0.717, 1.165) is 51.2 Å². The van der Waals surface area contributed by atoms with E-state index >= 15 is 0 Å². The van der Waals surface area contributed by atoms with Crippen molar-refractivity contribution < 1.29 is 4.74 Å². The summed E-state index contributed by atoms with van der Waals surface area (Å²) in [6, 6.07) is 20.2. The second-order valence-corrected chi connectivity index (χ2v) is 8.16. The topological polar surface area (TPSA) is 46.2 Å². The molecule has 0 radical (unpaired) electrons. The van der Waals surface area contributed by atoms with Crippen molar-refractivity contribution in [2.24, 2.45) is 0 Å². The molecule has 5 heteroatoms. The number of fused-ring (bicyclic) bond motifs is 2. The maximum atomic E-state index is 6.23. The Kier molecular flexibility index (Phi) is 6.78. The average Bonchev–Trinajstić information content (AvgIpc) is 2.79. The summed E-state index contributed by atoms with van der Waals surface area (Å²) in [6.07, 6.45) is 5.04. The van der Waals surface area contributed by atoms with Gasteiger partial charge in [-0.25, -0.2) is 4.98 Å². The molecule has 31 heavy (non-hydrogen) atoms. The minimum absolute atomic E-state index is 0.674. The van der Waals surface area contributed by atoms with E-state index in [1.165, 1.54) is 25.7 Å². The fourth-order valence-electron chi connectivity index (χ4n) is 3.76. The molecule has 0 fully saturated rings. The molecule has 1 aromatic heterocycles. The maximum Gasteiger partial charge on any atom is 0.119 e. The number of pyridine rings is 1. The van der Waals surface area contributed by atoms with Gasteiger partial charge in [-0.3, -0.25) is 0 Å². The van der Waals surface area contributed by atoms with Crippen LogP contribution in [0, 0.1) is 0 Å². The molecule has 4 aromatic rings. The fourth-order valence-corrected chi connectivity index (χ4v) is 3.92. The lowest BCUT2D eigenvalue weighted by atomic mass is 10.1. The second kappa shape index (κ2) is 9.88. The molecule has 2 N–H and O–H groups in total. The highest BCUT2D eigenvalue weighted by atomic mass is 35.5. The first-order chi connectivity index (χ1) is 15.2. The van der Waals surface area contributed by atoms with E-state index in [-0.39, 0.29) is 0 Å². The Morgan fingerprint density at radius 3 is 2.42 bits per heavy atom. The quantitative estimate of drug-likeness (QED) is 0.209. The van der Waals surface area contributed by atoms with E-state index in [1.807, 2.05) is 36.4 Å². The predicted octanol–water partition coefficient (Wildman–Crippen LogP) is 7.79. The van der Waals surface area contributed by atoms with Gasteiger partial charge < -0.3 is 15.4 Å². The molecule has 0 aliphatic heterocycles. The van der Waals surface area contributed by atoms with Crippen molar-refractivity contribution in [2.45, 2.75) is 32.6 Å². The van der Waals surface area contributed by atoms with Crippen LogP contribution in [-0.2, 0) is 0 Å². The third-order valence-corrected chi connectivity index (χ3v) is 5.69. The van der Waals surface area contributed by atoms with Crippen LogP contribution < -0.4 is 15.4 Å². The number of halogens is 1. The molecule has 0 saturated heterocycles. The SMILES string of the molecule is CCCCCCNc1ccc(Nc2c3ccc(Cl)cc3nc3ccc(OC)cc23)cc1. The molecule has 0 spiro atoms. The largest absolute Gasteiger partial charge is 0.497 e. The van der Waals surface area contributed by atoms with E-state index < -0.39 is 0 Å². The average molecular weight is 434 g/mol. The first-order valence-electron chi connectivity index (χ1n) is 10.9. The highest BCUT2D eigenvalue weighted by molar-refractivity contribution is 6.31. The molecular weight excluding hydrogens is 406 g/mol.